The molecule has 136 valence electrons. The molecule has 1 unspecified atom stereocenters. The van der Waals surface area contributed by atoms with Crippen molar-refractivity contribution in [2.45, 2.75) is 44.1 Å². The van der Waals surface area contributed by atoms with Crippen molar-refractivity contribution in [1.82, 2.24) is 5.32 Å². The standard InChI is InChI=1S/C21H22BrNO3/c1-14(15-4-9-18-19(12-15)26-13-25-18)23-20(24)21(10-2-3-11-21)16-5-7-17(22)8-6-16/h4-9,12,14H,2-3,10-11,13H2,1H3,(H,23,24). The molecule has 1 atom stereocenters. The number of ether oxygens (including phenoxy) is 2. The van der Waals surface area contributed by atoms with E-state index < -0.39 is 5.41 Å². The van der Waals surface area contributed by atoms with Crippen LogP contribution in [0, 0.1) is 0 Å². The Bertz CT molecular complexity index is 813. The smallest absolute Gasteiger partial charge is 0.231 e. The van der Waals surface area contributed by atoms with E-state index in [1.54, 1.807) is 0 Å². The molecule has 0 spiro atoms. The summed E-state index contributed by atoms with van der Waals surface area (Å²) >= 11 is 3.48. The number of rotatable bonds is 4. The van der Waals surface area contributed by atoms with Gasteiger partial charge in [-0.05, 0) is 55.2 Å². The molecule has 1 aliphatic heterocycles. The predicted molar refractivity (Wildman–Crippen MR) is 103 cm³/mol. The molecular formula is C21H22BrNO3. The zero-order chi connectivity index (χ0) is 18.1. The number of hydrogen-bond donors (Lipinski definition) is 1. The van der Waals surface area contributed by atoms with Crippen LogP contribution >= 0.6 is 15.9 Å². The summed E-state index contributed by atoms with van der Waals surface area (Å²) in [5.41, 5.74) is 1.70. The molecule has 0 saturated heterocycles. The highest BCUT2D eigenvalue weighted by Crippen LogP contribution is 2.42. The molecule has 2 aliphatic rings. The second kappa shape index (κ2) is 6.95. The van der Waals surface area contributed by atoms with Crippen LogP contribution in [0.1, 0.15) is 49.8 Å². The molecule has 1 amide bonds. The van der Waals surface area contributed by atoms with Crippen LogP contribution in [-0.4, -0.2) is 12.7 Å². The van der Waals surface area contributed by atoms with Crippen LogP contribution < -0.4 is 14.8 Å². The van der Waals surface area contributed by atoms with Crippen LogP contribution in [0.25, 0.3) is 0 Å². The Balaban J connectivity index is 1.56. The lowest BCUT2D eigenvalue weighted by molar-refractivity contribution is -0.127. The monoisotopic (exact) mass is 415 g/mol. The number of carbonyl (C=O) groups excluding carboxylic acids is 1. The third-order valence-corrected chi connectivity index (χ3v) is 6.06. The molecule has 2 aromatic rings. The molecule has 5 heteroatoms. The summed E-state index contributed by atoms with van der Waals surface area (Å²) in [6.07, 6.45) is 3.96. The van der Waals surface area contributed by atoms with Gasteiger partial charge in [0.2, 0.25) is 12.7 Å². The number of halogens is 1. The normalized spacial score (nSPS) is 18.5. The highest BCUT2D eigenvalue weighted by Gasteiger charge is 2.43. The van der Waals surface area contributed by atoms with E-state index in [4.69, 9.17) is 9.47 Å². The zero-order valence-electron chi connectivity index (χ0n) is 14.8. The quantitative estimate of drug-likeness (QED) is 0.774. The molecule has 2 aromatic carbocycles. The minimum absolute atomic E-state index is 0.0927. The minimum Gasteiger partial charge on any atom is -0.454 e. The first-order valence-electron chi connectivity index (χ1n) is 9.05. The van der Waals surface area contributed by atoms with Gasteiger partial charge in [0.05, 0.1) is 11.5 Å². The van der Waals surface area contributed by atoms with Crippen LogP contribution in [0.5, 0.6) is 11.5 Å². The molecule has 4 rings (SSSR count). The Morgan fingerprint density at radius 2 is 1.77 bits per heavy atom. The van der Waals surface area contributed by atoms with Gasteiger partial charge in [0, 0.05) is 4.47 Å². The maximum absolute atomic E-state index is 13.3. The lowest BCUT2D eigenvalue weighted by Crippen LogP contribution is -2.43. The lowest BCUT2D eigenvalue weighted by Gasteiger charge is -2.30. The van der Waals surface area contributed by atoms with E-state index in [1.807, 2.05) is 37.3 Å². The van der Waals surface area contributed by atoms with E-state index in [0.29, 0.717) is 0 Å². The highest BCUT2D eigenvalue weighted by atomic mass is 79.9. The number of carbonyl (C=O) groups is 1. The fourth-order valence-corrected chi connectivity index (χ4v) is 4.26. The number of hydrogen-bond acceptors (Lipinski definition) is 3. The van der Waals surface area contributed by atoms with Crippen LogP contribution in [0.3, 0.4) is 0 Å². The van der Waals surface area contributed by atoms with Crippen LogP contribution in [-0.2, 0) is 10.2 Å². The highest BCUT2D eigenvalue weighted by molar-refractivity contribution is 9.10. The van der Waals surface area contributed by atoms with Crippen molar-refractivity contribution in [3.05, 3.63) is 58.1 Å². The fourth-order valence-electron chi connectivity index (χ4n) is 3.99. The molecule has 1 N–H and O–H groups in total. The molecule has 1 saturated carbocycles. The van der Waals surface area contributed by atoms with E-state index in [9.17, 15) is 4.79 Å². The first-order chi connectivity index (χ1) is 12.6. The van der Waals surface area contributed by atoms with E-state index in [-0.39, 0.29) is 18.7 Å². The van der Waals surface area contributed by atoms with Gasteiger partial charge in [-0.1, -0.05) is 47.0 Å². The van der Waals surface area contributed by atoms with Gasteiger partial charge in [-0.25, -0.2) is 0 Å². The third kappa shape index (κ3) is 3.09. The molecule has 0 bridgehead atoms. The summed E-state index contributed by atoms with van der Waals surface area (Å²) in [4.78, 5) is 13.3. The van der Waals surface area contributed by atoms with Crippen molar-refractivity contribution in [3.63, 3.8) is 0 Å². The van der Waals surface area contributed by atoms with Crippen molar-refractivity contribution in [2.24, 2.45) is 0 Å². The van der Waals surface area contributed by atoms with Gasteiger partial charge >= 0.3 is 0 Å². The van der Waals surface area contributed by atoms with E-state index in [1.165, 1.54) is 0 Å². The van der Waals surface area contributed by atoms with E-state index in [0.717, 1.165) is 52.8 Å². The largest absolute Gasteiger partial charge is 0.454 e. The van der Waals surface area contributed by atoms with Crippen molar-refractivity contribution >= 4 is 21.8 Å². The van der Waals surface area contributed by atoms with Gasteiger partial charge in [0.1, 0.15) is 0 Å². The van der Waals surface area contributed by atoms with Gasteiger partial charge in [-0.2, -0.15) is 0 Å². The number of nitrogens with one attached hydrogen (secondary N) is 1. The lowest BCUT2D eigenvalue weighted by atomic mass is 9.77. The third-order valence-electron chi connectivity index (χ3n) is 5.53. The average Bonchev–Trinajstić information content (AvgIpc) is 3.31. The molecule has 4 nitrogen and oxygen atoms in total. The van der Waals surface area contributed by atoms with Gasteiger partial charge in [-0.3, -0.25) is 4.79 Å². The average molecular weight is 416 g/mol. The minimum atomic E-state index is -0.425. The number of amides is 1. The summed E-state index contributed by atoms with van der Waals surface area (Å²) in [6.45, 7) is 2.27. The Morgan fingerprint density at radius 1 is 1.08 bits per heavy atom. The Hall–Kier alpha value is -2.01. The summed E-state index contributed by atoms with van der Waals surface area (Å²) in [5.74, 6) is 1.61. The molecule has 1 aliphatic carbocycles. The first-order valence-corrected chi connectivity index (χ1v) is 9.84. The van der Waals surface area contributed by atoms with Crippen LogP contribution in [0.4, 0.5) is 0 Å². The summed E-state index contributed by atoms with van der Waals surface area (Å²) in [5, 5.41) is 3.24. The van der Waals surface area contributed by atoms with E-state index >= 15 is 0 Å². The van der Waals surface area contributed by atoms with Gasteiger partial charge < -0.3 is 14.8 Å². The van der Waals surface area contributed by atoms with E-state index in [2.05, 4.69) is 33.4 Å². The zero-order valence-corrected chi connectivity index (χ0v) is 16.3. The number of benzene rings is 2. The van der Waals surface area contributed by atoms with Crippen molar-refractivity contribution in [2.75, 3.05) is 6.79 Å². The van der Waals surface area contributed by atoms with Crippen LogP contribution in [0.15, 0.2) is 46.9 Å². The Kier molecular flexibility index (Phi) is 4.65. The van der Waals surface area contributed by atoms with Crippen molar-refractivity contribution in [1.29, 1.82) is 0 Å². The SMILES string of the molecule is CC(NC(=O)C1(c2ccc(Br)cc2)CCCC1)c1ccc2c(c1)OCO2. The summed E-state index contributed by atoms with van der Waals surface area (Å²) in [6, 6.07) is 13.9. The van der Waals surface area contributed by atoms with Crippen molar-refractivity contribution in [3.8, 4) is 11.5 Å². The van der Waals surface area contributed by atoms with Crippen molar-refractivity contribution < 1.29 is 14.3 Å². The maximum atomic E-state index is 13.3. The van der Waals surface area contributed by atoms with Gasteiger partial charge in [0.15, 0.2) is 11.5 Å². The Morgan fingerprint density at radius 3 is 2.50 bits per heavy atom. The summed E-state index contributed by atoms with van der Waals surface area (Å²) in [7, 11) is 0. The topological polar surface area (TPSA) is 47.6 Å². The maximum Gasteiger partial charge on any atom is 0.231 e. The predicted octanol–water partition coefficient (Wildman–Crippen LogP) is 4.87. The summed E-state index contributed by atoms with van der Waals surface area (Å²) < 4.78 is 11.9. The second-order valence-electron chi connectivity index (χ2n) is 7.10. The number of fused-ring (bicyclic) bond motifs is 1. The van der Waals surface area contributed by atoms with Crippen LogP contribution in [0.2, 0.25) is 0 Å². The Labute approximate surface area is 162 Å². The fraction of sp³-hybridized carbons (Fsp3) is 0.381. The molecule has 0 aromatic heterocycles. The first kappa shape index (κ1) is 17.4. The molecule has 26 heavy (non-hydrogen) atoms. The second-order valence-corrected chi connectivity index (χ2v) is 8.02. The molecule has 1 heterocycles. The molecule has 0 radical (unpaired) electrons. The van der Waals surface area contributed by atoms with Gasteiger partial charge in [0.25, 0.3) is 0 Å². The van der Waals surface area contributed by atoms with Gasteiger partial charge in [-0.15, -0.1) is 0 Å². The molecule has 1 fully saturated rings. The molecular weight excluding hydrogens is 394 g/mol.